The molecule has 326 valence electrons. The van der Waals surface area contributed by atoms with Crippen molar-refractivity contribution in [2.45, 2.75) is 101 Å². The Kier molecular flexibility index (Phi) is 11.5. The lowest BCUT2D eigenvalue weighted by Crippen LogP contribution is -2.51. The van der Waals surface area contributed by atoms with E-state index in [-0.39, 0.29) is 29.9 Å². The summed E-state index contributed by atoms with van der Waals surface area (Å²) in [4.78, 5) is 64.5. The fraction of sp³-hybridized carbons (Fsp3) is 0.467. The van der Waals surface area contributed by atoms with Crippen LogP contribution >= 0.6 is 11.3 Å². The summed E-state index contributed by atoms with van der Waals surface area (Å²) < 4.78 is 52.4. The summed E-state index contributed by atoms with van der Waals surface area (Å²) in [7, 11) is 1.47. The number of hydrogen-bond acceptors (Lipinski definition) is 11. The maximum Gasteiger partial charge on any atom is 0.433 e. The second-order valence-corrected chi connectivity index (χ2v) is 18.1. The van der Waals surface area contributed by atoms with Gasteiger partial charge in [0.2, 0.25) is 5.91 Å². The number of halogens is 3. The van der Waals surface area contributed by atoms with Crippen molar-refractivity contribution in [3.63, 3.8) is 0 Å². The summed E-state index contributed by atoms with van der Waals surface area (Å²) in [5, 5.41) is 9.87. The molecule has 4 amide bonds. The zero-order chi connectivity index (χ0) is 43.3. The van der Waals surface area contributed by atoms with E-state index in [1.807, 2.05) is 6.07 Å². The fourth-order valence-electron chi connectivity index (χ4n) is 9.51. The molecule has 1 atom stereocenters. The molecule has 17 heteroatoms. The van der Waals surface area contributed by atoms with E-state index in [9.17, 15) is 32.3 Å². The van der Waals surface area contributed by atoms with Crippen molar-refractivity contribution in [1.29, 1.82) is 0 Å². The minimum atomic E-state index is -4.66. The number of hydrogen-bond donors (Lipinski definition) is 3. The van der Waals surface area contributed by atoms with E-state index in [1.54, 1.807) is 35.6 Å². The smallest absolute Gasteiger partial charge is 0.433 e. The number of amides is 4. The number of anilines is 2. The van der Waals surface area contributed by atoms with Gasteiger partial charge >= 0.3 is 6.18 Å². The van der Waals surface area contributed by atoms with Crippen LogP contribution in [-0.2, 0) is 15.7 Å². The summed E-state index contributed by atoms with van der Waals surface area (Å²) >= 11 is 1.57. The van der Waals surface area contributed by atoms with Crippen molar-refractivity contribution in [1.82, 2.24) is 25.1 Å². The Balaban J connectivity index is 0.713. The predicted octanol–water partition coefficient (Wildman–Crippen LogP) is 7.76. The molecule has 0 bridgehead atoms. The summed E-state index contributed by atoms with van der Waals surface area (Å²) in [5.74, 6) is -0.730. The second-order valence-electron chi connectivity index (χ2n) is 17.1. The van der Waals surface area contributed by atoms with E-state index in [0.29, 0.717) is 58.6 Å². The number of aromatic nitrogens is 2. The van der Waals surface area contributed by atoms with Crippen molar-refractivity contribution in [3.05, 3.63) is 88.3 Å². The minimum absolute atomic E-state index is 0.120. The van der Waals surface area contributed by atoms with Gasteiger partial charge in [-0.05, 0) is 100 Å². The predicted molar refractivity (Wildman–Crippen MR) is 226 cm³/mol. The van der Waals surface area contributed by atoms with E-state index in [0.717, 1.165) is 103 Å². The molecule has 3 N–H and O–H groups in total. The van der Waals surface area contributed by atoms with Gasteiger partial charge in [-0.1, -0.05) is 18.7 Å². The van der Waals surface area contributed by atoms with Crippen LogP contribution in [0.3, 0.4) is 0 Å². The molecule has 2 aromatic heterocycles. The third-order valence-electron chi connectivity index (χ3n) is 12.9. The average Bonchev–Trinajstić information content (AvgIpc) is 3.77. The highest BCUT2D eigenvalue weighted by atomic mass is 32.1. The molecule has 2 aliphatic carbocycles. The van der Waals surface area contributed by atoms with Gasteiger partial charge in [-0.15, -0.1) is 11.3 Å². The van der Waals surface area contributed by atoms with E-state index in [1.165, 1.54) is 13.2 Å². The highest BCUT2D eigenvalue weighted by Gasteiger charge is 2.46. The standard InChI is InChI=1S/C45H48F3N7O6S/c1-24-9-14-35(41(57)49-24)55-43(58)30-5-3-6-31(39(30)44(55)59)50-27-19-29(20-27)61-28-15-17-54(18-16-28)23-25-10-12-26(13-11-25)42-53-34-21-36(60-2)33(22-37(34)62-42)52-40(56)32-7-4-8-38(51-32)45(46,47)48/h3-8,21-22,25-29,35,50H,1,9-20,23H2,2H3,(H,49,57)(H,52,56)/t25-,26-,27-,29-,35?. The zero-order valence-corrected chi connectivity index (χ0v) is 35.1. The molecule has 3 aliphatic heterocycles. The van der Waals surface area contributed by atoms with Gasteiger partial charge in [0.25, 0.3) is 17.7 Å². The van der Waals surface area contributed by atoms with Crippen molar-refractivity contribution >= 4 is 56.6 Å². The number of thiazole rings is 1. The van der Waals surface area contributed by atoms with Crippen LogP contribution in [0, 0.1) is 5.92 Å². The van der Waals surface area contributed by atoms with Crippen molar-refractivity contribution in [2.75, 3.05) is 37.4 Å². The Morgan fingerprint density at radius 2 is 1.69 bits per heavy atom. The first kappa shape index (κ1) is 41.9. The number of methoxy groups -OCH3 is 1. The topological polar surface area (TPSA) is 155 Å². The monoisotopic (exact) mass is 871 g/mol. The number of ether oxygens (including phenoxy) is 2. The molecule has 0 radical (unpaired) electrons. The number of likely N-dealkylation sites (tertiary alicyclic amines) is 1. The number of rotatable bonds is 11. The van der Waals surface area contributed by atoms with Gasteiger partial charge in [-0.25, -0.2) is 9.97 Å². The van der Waals surface area contributed by atoms with Crippen LogP contribution in [0.5, 0.6) is 5.75 Å². The molecule has 4 aromatic rings. The van der Waals surface area contributed by atoms with Gasteiger partial charge in [-0.2, -0.15) is 13.2 Å². The number of carbonyl (C=O) groups is 4. The van der Waals surface area contributed by atoms with Gasteiger partial charge in [-0.3, -0.25) is 24.1 Å². The van der Waals surface area contributed by atoms with E-state index >= 15 is 0 Å². The first-order chi connectivity index (χ1) is 29.8. The molecule has 2 saturated heterocycles. The van der Waals surface area contributed by atoms with E-state index in [2.05, 4.69) is 32.4 Å². The molecular weight excluding hydrogens is 824 g/mol. The van der Waals surface area contributed by atoms with Crippen molar-refractivity contribution in [2.24, 2.45) is 5.92 Å². The summed E-state index contributed by atoms with van der Waals surface area (Å²) in [6.45, 7) is 6.86. The number of piperidine rings is 2. The average molecular weight is 872 g/mol. The van der Waals surface area contributed by atoms with Crippen molar-refractivity contribution < 1.29 is 41.8 Å². The lowest BCUT2D eigenvalue weighted by molar-refractivity contribution is -0.141. The van der Waals surface area contributed by atoms with Gasteiger partial charge in [0.05, 0.1) is 51.4 Å². The Bertz CT molecular complexity index is 2420. The molecule has 0 spiro atoms. The SMILES string of the molecule is C=C1CCC(N2C(=O)c3cccc(N[C@H]4C[C@H](OC5CCN(C[C@H]6CC[C@H](c7nc8cc(OC)c(NC(=O)c9cccc(C(F)(F)F)n9)cc8s7)CC6)CC5)C4)c3C2=O)C(=O)N1. The molecule has 4 fully saturated rings. The highest BCUT2D eigenvalue weighted by Crippen LogP contribution is 2.42. The van der Waals surface area contributed by atoms with Crippen LogP contribution < -0.4 is 20.7 Å². The van der Waals surface area contributed by atoms with E-state index < -0.39 is 35.6 Å². The van der Waals surface area contributed by atoms with Gasteiger partial charge in [0, 0.05) is 49.0 Å². The fourth-order valence-corrected chi connectivity index (χ4v) is 10.7. The molecule has 5 heterocycles. The normalized spacial score (nSPS) is 24.8. The maximum absolute atomic E-state index is 13.5. The largest absolute Gasteiger partial charge is 0.494 e. The lowest BCUT2D eigenvalue weighted by atomic mass is 9.82. The van der Waals surface area contributed by atoms with Gasteiger partial charge in [0.1, 0.15) is 23.2 Å². The molecule has 2 saturated carbocycles. The molecule has 5 aliphatic rings. The van der Waals surface area contributed by atoms with Crippen LogP contribution in [0.25, 0.3) is 10.2 Å². The number of nitrogens with one attached hydrogen (secondary N) is 3. The molecule has 9 rings (SSSR count). The number of imide groups is 1. The number of benzene rings is 2. The first-order valence-electron chi connectivity index (χ1n) is 21.3. The molecule has 1 unspecified atom stereocenters. The Morgan fingerprint density at radius 1 is 0.935 bits per heavy atom. The third kappa shape index (κ3) is 8.53. The number of fused-ring (bicyclic) bond motifs is 2. The zero-order valence-electron chi connectivity index (χ0n) is 34.3. The quantitative estimate of drug-likeness (QED) is 0.128. The van der Waals surface area contributed by atoms with Crippen molar-refractivity contribution in [3.8, 4) is 5.75 Å². The van der Waals surface area contributed by atoms with Crippen LogP contribution in [0.4, 0.5) is 24.5 Å². The molecule has 13 nitrogen and oxygen atoms in total. The van der Waals surface area contributed by atoms with Crippen LogP contribution in [-0.4, -0.2) is 94.4 Å². The third-order valence-corrected chi connectivity index (χ3v) is 14.1. The van der Waals surface area contributed by atoms with Gasteiger partial charge < -0.3 is 30.3 Å². The van der Waals surface area contributed by atoms with Crippen LogP contribution in [0.1, 0.15) is 112 Å². The Morgan fingerprint density at radius 3 is 2.42 bits per heavy atom. The van der Waals surface area contributed by atoms with Gasteiger partial charge in [0.15, 0.2) is 0 Å². The number of alkyl halides is 3. The Labute approximate surface area is 360 Å². The molecular formula is C45H48F3N7O6S. The summed E-state index contributed by atoms with van der Waals surface area (Å²) in [5.41, 5.74) is 1.46. The second kappa shape index (κ2) is 17.1. The summed E-state index contributed by atoms with van der Waals surface area (Å²) in [6.07, 6.45) is 4.44. The van der Waals surface area contributed by atoms with Crippen LogP contribution in [0.15, 0.2) is 60.8 Å². The maximum atomic E-state index is 13.5. The molecule has 2 aromatic carbocycles. The number of nitrogens with zero attached hydrogens (tertiary/aromatic N) is 4. The highest BCUT2D eigenvalue weighted by molar-refractivity contribution is 7.18. The number of allylic oxidation sites excluding steroid dienone is 1. The van der Waals surface area contributed by atoms with E-state index in [4.69, 9.17) is 14.5 Å². The lowest BCUT2D eigenvalue weighted by Gasteiger charge is -2.41. The molecule has 62 heavy (non-hydrogen) atoms. The first-order valence-corrected chi connectivity index (χ1v) is 22.1. The Hall–Kier alpha value is -5.39. The minimum Gasteiger partial charge on any atom is -0.494 e. The van der Waals surface area contributed by atoms with Crippen LogP contribution in [0.2, 0.25) is 0 Å². The number of carbonyl (C=O) groups excluding carboxylic acids is 4. The number of pyridine rings is 1. The summed E-state index contributed by atoms with van der Waals surface area (Å²) in [6, 6.07) is 11.2.